The van der Waals surface area contributed by atoms with E-state index < -0.39 is 16.1 Å². The van der Waals surface area contributed by atoms with Crippen LogP contribution in [0, 0.1) is 0 Å². The molecule has 0 radical (unpaired) electrons. The molecule has 0 aliphatic heterocycles. The highest BCUT2D eigenvalue weighted by Crippen LogP contribution is 2.23. The van der Waals surface area contributed by atoms with Crippen molar-refractivity contribution in [1.29, 1.82) is 0 Å². The quantitative estimate of drug-likeness (QED) is 0.892. The van der Waals surface area contributed by atoms with E-state index in [0.717, 1.165) is 4.31 Å². The Balaban J connectivity index is 3.08. The molecule has 1 aromatic rings. The highest BCUT2D eigenvalue weighted by atomic mass is 35.5. The van der Waals surface area contributed by atoms with Crippen LogP contribution in [0.4, 0.5) is 0 Å². The Hall–Kier alpha value is -0.620. The Morgan fingerprint density at radius 2 is 2.00 bits per heavy atom. The topological polar surface area (TPSA) is 57.6 Å². The van der Waals surface area contributed by atoms with Crippen LogP contribution in [-0.2, 0) is 10.0 Å². The molecule has 6 heteroatoms. The second-order valence-electron chi connectivity index (χ2n) is 3.56. The number of aliphatic hydroxyl groups excluding tert-OH is 1. The summed E-state index contributed by atoms with van der Waals surface area (Å²) in [6.07, 6.45) is -0.720. The molecule has 0 aliphatic rings. The molecule has 16 heavy (non-hydrogen) atoms. The minimum atomic E-state index is -3.62. The van der Waals surface area contributed by atoms with E-state index in [2.05, 4.69) is 0 Å². The van der Waals surface area contributed by atoms with E-state index in [-0.39, 0.29) is 16.5 Å². The molecule has 0 fully saturated rings. The average Bonchev–Trinajstić information content (AvgIpc) is 2.16. The fourth-order valence-electron chi connectivity index (χ4n) is 1.29. The van der Waals surface area contributed by atoms with Crippen LogP contribution in [0.2, 0.25) is 5.02 Å². The van der Waals surface area contributed by atoms with Crippen molar-refractivity contribution in [3.63, 3.8) is 0 Å². The molecule has 4 nitrogen and oxygen atoms in total. The zero-order valence-electron chi connectivity index (χ0n) is 9.09. The zero-order valence-corrected chi connectivity index (χ0v) is 10.7. The molecule has 0 saturated carbocycles. The maximum Gasteiger partial charge on any atom is 0.244 e. The number of nitrogens with zero attached hydrogens (tertiary/aromatic N) is 1. The zero-order chi connectivity index (χ0) is 12.3. The first-order chi connectivity index (χ1) is 7.35. The van der Waals surface area contributed by atoms with Crippen LogP contribution in [0.5, 0.6) is 0 Å². The van der Waals surface area contributed by atoms with Crippen molar-refractivity contribution < 1.29 is 13.5 Å². The summed E-state index contributed by atoms with van der Waals surface area (Å²) in [5.74, 6) is 0. The van der Waals surface area contributed by atoms with Crippen molar-refractivity contribution in [3.8, 4) is 0 Å². The molecule has 0 heterocycles. The first-order valence-corrected chi connectivity index (χ1v) is 6.56. The molecule has 0 amide bonds. The number of halogens is 1. The number of hydrogen-bond acceptors (Lipinski definition) is 3. The highest BCUT2D eigenvalue weighted by Gasteiger charge is 2.23. The van der Waals surface area contributed by atoms with Crippen molar-refractivity contribution in [2.24, 2.45) is 0 Å². The normalized spacial score (nSPS) is 14.1. The molecule has 0 bridgehead atoms. The van der Waals surface area contributed by atoms with E-state index in [4.69, 9.17) is 16.7 Å². The largest absolute Gasteiger partial charge is 0.392 e. The van der Waals surface area contributed by atoms with Crippen LogP contribution in [0.15, 0.2) is 29.2 Å². The summed E-state index contributed by atoms with van der Waals surface area (Å²) in [7, 11) is -2.22. The first kappa shape index (κ1) is 13.4. The highest BCUT2D eigenvalue weighted by molar-refractivity contribution is 7.89. The minimum absolute atomic E-state index is 0.0353. The first-order valence-electron chi connectivity index (χ1n) is 4.74. The van der Waals surface area contributed by atoms with Gasteiger partial charge in [-0.1, -0.05) is 23.7 Å². The second kappa shape index (κ2) is 5.14. The lowest BCUT2D eigenvalue weighted by molar-refractivity contribution is 0.171. The Labute approximate surface area is 101 Å². The van der Waals surface area contributed by atoms with Gasteiger partial charge in [0, 0.05) is 13.6 Å². The Morgan fingerprint density at radius 1 is 1.44 bits per heavy atom. The van der Waals surface area contributed by atoms with Gasteiger partial charge in [0.2, 0.25) is 10.0 Å². The number of hydrogen-bond donors (Lipinski definition) is 1. The van der Waals surface area contributed by atoms with E-state index in [1.54, 1.807) is 12.1 Å². The molecular formula is C10H14ClNO3S. The van der Waals surface area contributed by atoms with E-state index in [1.807, 2.05) is 0 Å². The third-order valence-corrected chi connectivity index (χ3v) is 4.37. The van der Waals surface area contributed by atoms with Gasteiger partial charge >= 0.3 is 0 Å². The molecular weight excluding hydrogens is 250 g/mol. The van der Waals surface area contributed by atoms with E-state index in [0.29, 0.717) is 0 Å². The van der Waals surface area contributed by atoms with Gasteiger partial charge in [-0.25, -0.2) is 8.42 Å². The maximum absolute atomic E-state index is 12.0. The minimum Gasteiger partial charge on any atom is -0.392 e. The molecule has 1 aromatic carbocycles. The van der Waals surface area contributed by atoms with Gasteiger partial charge in [-0.2, -0.15) is 4.31 Å². The monoisotopic (exact) mass is 263 g/mol. The summed E-state index contributed by atoms with van der Waals surface area (Å²) in [5.41, 5.74) is 0. The van der Waals surface area contributed by atoms with Crippen molar-refractivity contribution in [1.82, 2.24) is 4.31 Å². The molecule has 0 aromatic heterocycles. The van der Waals surface area contributed by atoms with Gasteiger partial charge in [0.25, 0.3) is 0 Å². The van der Waals surface area contributed by atoms with Gasteiger partial charge in [-0.3, -0.25) is 0 Å². The van der Waals surface area contributed by atoms with Crippen LogP contribution in [0.3, 0.4) is 0 Å². The van der Waals surface area contributed by atoms with Gasteiger partial charge in [0.05, 0.1) is 11.1 Å². The van der Waals surface area contributed by atoms with E-state index in [9.17, 15) is 8.42 Å². The fourth-order valence-corrected chi connectivity index (χ4v) is 3.03. The number of rotatable bonds is 4. The molecule has 1 rings (SSSR count). The summed E-state index contributed by atoms with van der Waals surface area (Å²) in [4.78, 5) is 0.0554. The van der Waals surface area contributed by atoms with Crippen molar-refractivity contribution >= 4 is 21.6 Å². The van der Waals surface area contributed by atoms with Crippen molar-refractivity contribution in [2.75, 3.05) is 13.6 Å². The lowest BCUT2D eigenvalue weighted by Gasteiger charge is -2.19. The smallest absolute Gasteiger partial charge is 0.244 e. The second-order valence-corrected chi connectivity index (χ2v) is 5.99. The molecule has 90 valence electrons. The average molecular weight is 264 g/mol. The lowest BCUT2D eigenvalue weighted by Crippen LogP contribution is -2.33. The Bertz CT molecular complexity index is 459. The summed E-state index contributed by atoms with van der Waals surface area (Å²) < 4.78 is 25.1. The molecule has 1 unspecified atom stereocenters. The predicted molar refractivity (Wildman–Crippen MR) is 62.9 cm³/mol. The van der Waals surface area contributed by atoms with Crippen molar-refractivity contribution in [3.05, 3.63) is 29.3 Å². The Kier molecular flexibility index (Phi) is 4.32. The van der Waals surface area contributed by atoms with Crippen LogP contribution in [0.1, 0.15) is 6.92 Å². The van der Waals surface area contributed by atoms with Gasteiger partial charge in [0.15, 0.2) is 0 Å². The predicted octanol–water partition coefficient (Wildman–Crippen LogP) is 1.34. The Morgan fingerprint density at radius 3 is 2.50 bits per heavy atom. The summed E-state index contributed by atoms with van der Waals surface area (Å²) >= 11 is 5.82. The molecule has 1 N–H and O–H groups in total. The molecule has 1 atom stereocenters. The van der Waals surface area contributed by atoms with Gasteiger partial charge in [-0.05, 0) is 19.1 Å². The molecule has 0 spiro atoms. The van der Waals surface area contributed by atoms with E-state index >= 15 is 0 Å². The maximum atomic E-state index is 12.0. The van der Waals surface area contributed by atoms with Crippen LogP contribution < -0.4 is 0 Å². The number of benzene rings is 1. The molecule has 0 aliphatic carbocycles. The van der Waals surface area contributed by atoms with Crippen LogP contribution in [-0.4, -0.2) is 37.5 Å². The third kappa shape index (κ3) is 2.95. The number of sulfonamides is 1. The van der Waals surface area contributed by atoms with Crippen LogP contribution in [0.25, 0.3) is 0 Å². The lowest BCUT2D eigenvalue weighted by atomic mass is 10.4. The van der Waals surface area contributed by atoms with Gasteiger partial charge in [-0.15, -0.1) is 0 Å². The number of likely N-dealkylation sites (N-methyl/N-ethyl adjacent to an activating group) is 1. The van der Waals surface area contributed by atoms with Gasteiger partial charge in [0.1, 0.15) is 4.90 Å². The third-order valence-electron chi connectivity index (χ3n) is 2.05. The molecule has 0 saturated heterocycles. The summed E-state index contributed by atoms with van der Waals surface area (Å²) in [6.45, 7) is 1.56. The standard InChI is InChI=1S/C10H14ClNO3S/c1-8(13)7-12(2)16(14,15)10-6-4-3-5-9(10)11/h3-6,8,13H,7H2,1-2H3. The van der Waals surface area contributed by atoms with Gasteiger partial charge < -0.3 is 5.11 Å². The fraction of sp³-hybridized carbons (Fsp3) is 0.400. The van der Waals surface area contributed by atoms with Crippen LogP contribution >= 0.6 is 11.6 Å². The SMILES string of the molecule is CC(O)CN(C)S(=O)(=O)c1ccccc1Cl. The summed E-state index contributed by atoms with van der Waals surface area (Å²) in [5, 5.41) is 9.34. The summed E-state index contributed by atoms with van der Waals surface area (Å²) in [6, 6.07) is 6.23. The number of aliphatic hydroxyl groups is 1. The van der Waals surface area contributed by atoms with E-state index in [1.165, 1.54) is 26.1 Å². The van der Waals surface area contributed by atoms with Crippen molar-refractivity contribution in [2.45, 2.75) is 17.9 Å².